The normalized spacial score (nSPS) is 12.1. The summed E-state index contributed by atoms with van der Waals surface area (Å²) < 4.78 is 7.17. The Labute approximate surface area is 91.6 Å². The molecule has 86 valence electrons. The first-order chi connectivity index (χ1) is 6.94. The quantitative estimate of drug-likeness (QED) is 0.796. The maximum Gasteiger partial charge on any atom is 0.0746 e. The van der Waals surface area contributed by atoms with Gasteiger partial charge in [-0.05, 0) is 20.8 Å². The lowest BCUT2D eigenvalue weighted by Crippen LogP contribution is -2.36. The van der Waals surface area contributed by atoms with E-state index in [1.54, 1.807) is 7.11 Å². The summed E-state index contributed by atoms with van der Waals surface area (Å²) in [5.74, 6) is 0. The standard InChI is InChI=1S/C11H21N3O/c1-9-10(7-14(4)13-9)6-12-8-11(2,3)15-5/h7,12H,6,8H2,1-5H3. The van der Waals surface area contributed by atoms with Gasteiger partial charge in [-0.2, -0.15) is 5.10 Å². The van der Waals surface area contributed by atoms with Crippen molar-refractivity contribution in [3.63, 3.8) is 0 Å². The summed E-state index contributed by atoms with van der Waals surface area (Å²) in [6.07, 6.45) is 2.04. The summed E-state index contributed by atoms with van der Waals surface area (Å²) in [5.41, 5.74) is 2.21. The Bertz CT molecular complexity index is 318. The van der Waals surface area contributed by atoms with Crippen LogP contribution in [-0.4, -0.2) is 29.0 Å². The van der Waals surface area contributed by atoms with Crippen molar-refractivity contribution in [1.29, 1.82) is 0 Å². The number of ether oxygens (including phenoxy) is 1. The second-order valence-electron chi connectivity index (χ2n) is 4.48. The molecule has 1 aromatic rings. The fourth-order valence-corrected chi connectivity index (χ4v) is 1.39. The summed E-state index contributed by atoms with van der Waals surface area (Å²) >= 11 is 0. The second-order valence-corrected chi connectivity index (χ2v) is 4.48. The van der Waals surface area contributed by atoms with Crippen LogP contribution in [0.5, 0.6) is 0 Å². The van der Waals surface area contributed by atoms with Gasteiger partial charge in [0.2, 0.25) is 0 Å². The predicted octanol–water partition coefficient (Wildman–Crippen LogP) is 1.24. The van der Waals surface area contributed by atoms with Gasteiger partial charge in [-0.3, -0.25) is 4.68 Å². The summed E-state index contributed by atoms with van der Waals surface area (Å²) in [5, 5.41) is 7.66. The number of aryl methyl sites for hydroxylation is 2. The first kappa shape index (κ1) is 12.2. The zero-order valence-electron chi connectivity index (χ0n) is 10.3. The monoisotopic (exact) mass is 211 g/mol. The lowest BCUT2D eigenvalue weighted by molar-refractivity contribution is 0.0230. The minimum absolute atomic E-state index is 0.115. The van der Waals surface area contributed by atoms with Crippen LogP contribution < -0.4 is 5.32 Å². The van der Waals surface area contributed by atoms with Gasteiger partial charge in [-0.1, -0.05) is 0 Å². The number of hydrogen-bond acceptors (Lipinski definition) is 3. The Balaban J connectivity index is 2.41. The molecular weight excluding hydrogens is 190 g/mol. The van der Waals surface area contributed by atoms with Crippen LogP contribution in [0.15, 0.2) is 6.20 Å². The van der Waals surface area contributed by atoms with Crippen LogP contribution in [0.1, 0.15) is 25.1 Å². The molecule has 4 nitrogen and oxygen atoms in total. The molecule has 4 heteroatoms. The largest absolute Gasteiger partial charge is 0.377 e. The molecule has 0 atom stereocenters. The van der Waals surface area contributed by atoms with Crippen LogP contribution in [0.2, 0.25) is 0 Å². The topological polar surface area (TPSA) is 39.1 Å². The Morgan fingerprint density at radius 2 is 2.20 bits per heavy atom. The number of nitrogens with zero attached hydrogens (tertiary/aromatic N) is 2. The molecule has 0 radical (unpaired) electrons. The van der Waals surface area contributed by atoms with Gasteiger partial charge in [-0.25, -0.2) is 0 Å². The van der Waals surface area contributed by atoms with Crippen LogP contribution in [0.3, 0.4) is 0 Å². The minimum atomic E-state index is -0.115. The van der Waals surface area contributed by atoms with Crippen molar-refractivity contribution in [3.8, 4) is 0 Å². The van der Waals surface area contributed by atoms with Gasteiger partial charge in [0, 0.05) is 39.0 Å². The highest BCUT2D eigenvalue weighted by molar-refractivity contribution is 5.14. The van der Waals surface area contributed by atoms with Gasteiger partial charge >= 0.3 is 0 Å². The molecule has 0 aliphatic carbocycles. The van der Waals surface area contributed by atoms with E-state index in [-0.39, 0.29) is 5.60 Å². The van der Waals surface area contributed by atoms with Crippen LogP contribution in [0, 0.1) is 6.92 Å². The zero-order valence-corrected chi connectivity index (χ0v) is 10.3. The summed E-state index contributed by atoms with van der Waals surface area (Å²) in [4.78, 5) is 0. The SMILES string of the molecule is COC(C)(C)CNCc1cn(C)nc1C. The molecule has 1 rings (SSSR count). The molecule has 1 aromatic heterocycles. The van der Waals surface area contributed by atoms with Gasteiger partial charge < -0.3 is 10.1 Å². The van der Waals surface area contributed by atoms with Crippen molar-refractivity contribution in [2.24, 2.45) is 7.05 Å². The average Bonchev–Trinajstić information content (AvgIpc) is 2.45. The number of rotatable bonds is 5. The summed E-state index contributed by atoms with van der Waals surface area (Å²) in [6, 6.07) is 0. The molecule has 15 heavy (non-hydrogen) atoms. The molecule has 0 fully saturated rings. The molecule has 0 unspecified atom stereocenters. The fourth-order valence-electron chi connectivity index (χ4n) is 1.39. The van der Waals surface area contributed by atoms with Gasteiger partial charge in [0.05, 0.1) is 11.3 Å². The lowest BCUT2D eigenvalue weighted by atomic mass is 10.1. The molecule has 0 aliphatic rings. The van der Waals surface area contributed by atoms with Crippen molar-refractivity contribution < 1.29 is 4.74 Å². The first-order valence-corrected chi connectivity index (χ1v) is 5.19. The van der Waals surface area contributed by atoms with E-state index in [1.807, 2.05) is 24.9 Å². The summed E-state index contributed by atoms with van der Waals surface area (Å²) in [7, 11) is 3.67. The van der Waals surface area contributed by atoms with Gasteiger partial charge in [0.15, 0.2) is 0 Å². The number of hydrogen-bond donors (Lipinski definition) is 1. The van der Waals surface area contributed by atoms with E-state index in [0.29, 0.717) is 0 Å². The van der Waals surface area contributed by atoms with E-state index < -0.39 is 0 Å². The molecule has 1 N–H and O–H groups in total. The molecule has 1 heterocycles. The van der Waals surface area contributed by atoms with E-state index in [4.69, 9.17) is 4.74 Å². The number of nitrogens with one attached hydrogen (secondary N) is 1. The maximum absolute atomic E-state index is 5.33. The Morgan fingerprint density at radius 3 is 2.67 bits per heavy atom. The lowest BCUT2D eigenvalue weighted by Gasteiger charge is -2.23. The van der Waals surface area contributed by atoms with Crippen LogP contribution in [-0.2, 0) is 18.3 Å². The molecule has 0 bridgehead atoms. The Kier molecular flexibility index (Phi) is 3.88. The second kappa shape index (κ2) is 4.77. The third kappa shape index (κ3) is 3.64. The Hall–Kier alpha value is -0.870. The van der Waals surface area contributed by atoms with E-state index >= 15 is 0 Å². The number of methoxy groups -OCH3 is 1. The number of aromatic nitrogens is 2. The summed E-state index contributed by atoms with van der Waals surface area (Å²) in [6.45, 7) is 7.83. The average molecular weight is 211 g/mol. The molecule has 0 aromatic carbocycles. The molecule has 0 aliphatic heterocycles. The molecular formula is C11H21N3O. The predicted molar refractivity (Wildman–Crippen MR) is 60.7 cm³/mol. The van der Waals surface area contributed by atoms with Gasteiger partial charge in [0.25, 0.3) is 0 Å². The zero-order chi connectivity index (χ0) is 11.5. The first-order valence-electron chi connectivity index (χ1n) is 5.19. The molecule has 0 amide bonds. The van der Waals surface area contributed by atoms with Crippen molar-refractivity contribution >= 4 is 0 Å². The highest BCUT2D eigenvalue weighted by Gasteiger charge is 2.15. The van der Waals surface area contributed by atoms with Gasteiger partial charge in [0.1, 0.15) is 0 Å². The van der Waals surface area contributed by atoms with Crippen LogP contribution in [0.4, 0.5) is 0 Å². The van der Waals surface area contributed by atoms with E-state index in [2.05, 4.69) is 24.3 Å². The highest BCUT2D eigenvalue weighted by Crippen LogP contribution is 2.07. The highest BCUT2D eigenvalue weighted by atomic mass is 16.5. The molecule has 0 spiro atoms. The van der Waals surface area contributed by atoms with Crippen molar-refractivity contribution in [1.82, 2.24) is 15.1 Å². The third-order valence-corrected chi connectivity index (χ3v) is 2.53. The fraction of sp³-hybridized carbons (Fsp3) is 0.727. The van der Waals surface area contributed by atoms with Crippen LogP contribution in [0.25, 0.3) is 0 Å². The van der Waals surface area contributed by atoms with Crippen molar-refractivity contribution in [3.05, 3.63) is 17.5 Å². The van der Waals surface area contributed by atoms with E-state index in [0.717, 1.165) is 18.8 Å². The molecule has 0 saturated carbocycles. The van der Waals surface area contributed by atoms with Crippen LogP contribution >= 0.6 is 0 Å². The Morgan fingerprint density at radius 1 is 1.53 bits per heavy atom. The van der Waals surface area contributed by atoms with E-state index in [9.17, 15) is 0 Å². The van der Waals surface area contributed by atoms with Crippen molar-refractivity contribution in [2.45, 2.75) is 32.9 Å². The minimum Gasteiger partial charge on any atom is -0.377 e. The maximum atomic E-state index is 5.33. The van der Waals surface area contributed by atoms with E-state index in [1.165, 1.54) is 5.56 Å². The smallest absolute Gasteiger partial charge is 0.0746 e. The van der Waals surface area contributed by atoms with Gasteiger partial charge in [-0.15, -0.1) is 0 Å². The third-order valence-electron chi connectivity index (χ3n) is 2.53. The van der Waals surface area contributed by atoms with Crippen molar-refractivity contribution in [2.75, 3.05) is 13.7 Å². The molecule has 0 saturated heterocycles.